The van der Waals surface area contributed by atoms with Crippen LogP contribution >= 0.6 is 0 Å². The van der Waals surface area contributed by atoms with Gasteiger partial charge in [0.25, 0.3) is 0 Å². The van der Waals surface area contributed by atoms with Gasteiger partial charge in [-0.15, -0.1) is 0 Å². The SMILES string of the molecule is [Cd].c1ccc2c(c1)cc1ccc3cccc4ccc2c1c34. The maximum absolute atomic E-state index is 2.31. The molecule has 0 radical (unpaired) electrons. The zero-order valence-corrected chi connectivity index (χ0v) is 15.7. The van der Waals surface area contributed by atoms with E-state index in [9.17, 15) is 0 Å². The van der Waals surface area contributed by atoms with Crippen molar-refractivity contribution in [1.29, 1.82) is 0 Å². The summed E-state index contributed by atoms with van der Waals surface area (Å²) >= 11 is 0. The van der Waals surface area contributed by atoms with Crippen molar-refractivity contribution in [3.05, 3.63) is 72.8 Å². The van der Waals surface area contributed by atoms with Crippen LogP contribution in [0.5, 0.6) is 0 Å². The quantitative estimate of drug-likeness (QED) is 0.187. The standard InChI is InChI=1S/C20H12.Cd/c1-2-7-17-15(4-1)12-16-9-8-13-5-3-6-14-10-11-18(17)20(16)19(13)14;/h1-12H;. The van der Waals surface area contributed by atoms with E-state index in [4.69, 9.17) is 0 Å². The molecule has 0 aromatic heterocycles. The van der Waals surface area contributed by atoms with Gasteiger partial charge in [0.15, 0.2) is 0 Å². The van der Waals surface area contributed by atoms with Crippen LogP contribution < -0.4 is 0 Å². The fourth-order valence-corrected chi connectivity index (χ4v) is 3.49. The molecule has 0 nitrogen and oxygen atoms in total. The first-order valence-electron chi connectivity index (χ1n) is 6.97. The Morgan fingerprint density at radius 2 is 1.10 bits per heavy atom. The molecule has 0 N–H and O–H groups in total. The molecule has 94 valence electrons. The first-order chi connectivity index (χ1) is 9.92. The first-order valence-corrected chi connectivity index (χ1v) is 6.97. The Bertz CT molecular complexity index is 1080. The molecule has 5 rings (SSSR count). The van der Waals surface area contributed by atoms with Gasteiger partial charge in [0.05, 0.1) is 0 Å². The molecule has 0 aliphatic carbocycles. The van der Waals surface area contributed by atoms with E-state index in [-0.39, 0.29) is 27.3 Å². The molecule has 0 fully saturated rings. The Labute approximate surface area is 142 Å². The molecule has 0 bridgehead atoms. The van der Waals surface area contributed by atoms with Gasteiger partial charge in [-0.1, -0.05) is 66.7 Å². The zero-order valence-electron chi connectivity index (χ0n) is 11.6. The van der Waals surface area contributed by atoms with Gasteiger partial charge in [-0.3, -0.25) is 0 Å². The molecule has 5 aromatic rings. The van der Waals surface area contributed by atoms with E-state index >= 15 is 0 Å². The van der Waals surface area contributed by atoms with Crippen molar-refractivity contribution in [2.24, 2.45) is 0 Å². The molecule has 0 atom stereocenters. The number of fused-ring (bicyclic) bond motifs is 2. The van der Waals surface area contributed by atoms with Crippen molar-refractivity contribution in [1.82, 2.24) is 0 Å². The van der Waals surface area contributed by atoms with Crippen molar-refractivity contribution in [3.8, 4) is 0 Å². The molecule has 0 heterocycles. The van der Waals surface area contributed by atoms with Gasteiger partial charge in [0, 0.05) is 27.3 Å². The second-order valence-electron chi connectivity index (χ2n) is 5.45. The van der Waals surface area contributed by atoms with Gasteiger partial charge in [-0.25, -0.2) is 0 Å². The van der Waals surface area contributed by atoms with Crippen molar-refractivity contribution < 1.29 is 27.3 Å². The summed E-state index contributed by atoms with van der Waals surface area (Å²) in [4.78, 5) is 0. The molecule has 21 heavy (non-hydrogen) atoms. The van der Waals surface area contributed by atoms with E-state index in [0.717, 1.165) is 0 Å². The number of benzene rings is 5. The van der Waals surface area contributed by atoms with Crippen molar-refractivity contribution in [3.63, 3.8) is 0 Å². The summed E-state index contributed by atoms with van der Waals surface area (Å²) in [6.07, 6.45) is 0. The van der Waals surface area contributed by atoms with Crippen LogP contribution in [0.4, 0.5) is 0 Å². The maximum Gasteiger partial charge on any atom is 0 e. The fraction of sp³-hybridized carbons (Fsp3) is 0. The van der Waals surface area contributed by atoms with Crippen LogP contribution in [0.25, 0.3) is 43.1 Å². The van der Waals surface area contributed by atoms with Gasteiger partial charge in [0.2, 0.25) is 0 Å². The molecule has 0 saturated heterocycles. The van der Waals surface area contributed by atoms with Crippen LogP contribution in [0.15, 0.2) is 72.8 Å². The normalized spacial score (nSPS) is 11.4. The number of rotatable bonds is 0. The minimum atomic E-state index is 0. The van der Waals surface area contributed by atoms with Crippen LogP contribution in [0, 0.1) is 0 Å². The van der Waals surface area contributed by atoms with Crippen molar-refractivity contribution in [2.75, 3.05) is 0 Å². The third kappa shape index (κ3) is 1.72. The van der Waals surface area contributed by atoms with E-state index < -0.39 is 0 Å². The van der Waals surface area contributed by atoms with Crippen LogP contribution in [0.1, 0.15) is 0 Å². The van der Waals surface area contributed by atoms with Crippen molar-refractivity contribution >= 4 is 43.1 Å². The Kier molecular flexibility index (Phi) is 2.89. The summed E-state index contributed by atoms with van der Waals surface area (Å²) in [6, 6.07) is 26.5. The molecule has 5 aromatic carbocycles. The summed E-state index contributed by atoms with van der Waals surface area (Å²) in [5, 5.41) is 10.8. The number of hydrogen-bond acceptors (Lipinski definition) is 0. The fourth-order valence-electron chi connectivity index (χ4n) is 3.49. The van der Waals surface area contributed by atoms with Crippen LogP contribution in [0.3, 0.4) is 0 Å². The Hall–Kier alpha value is -1.68. The molecule has 0 spiro atoms. The second-order valence-corrected chi connectivity index (χ2v) is 5.45. The van der Waals surface area contributed by atoms with E-state index in [2.05, 4.69) is 72.8 Å². The van der Waals surface area contributed by atoms with Gasteiger partial charge in [-0.2, -0.15) is 0 Å². The van der Waals surface area contributed by atoms with E-state index in [0.29, 0.717) is 0 Å². The molecule has 0 unspecified atom stereocenters. The monoisotopic (exact) mass is 366 g/mol. The molecule has 0 aliphatic rings. The van der Waals surface area contributed by atoms with E-state index in [1.54, 1.807) is 0 Å². The Morgan fingerprint density at radius 3 is 1.95 bits per heavy atom. The Balaban J connectivity index is 0.00000115. The smallest absolute Gasteiger partial charge is 0 e. The average Bonchev–Trinajstić information content (AvgIpc) is 2.52. The zero-order chi connectivity index (χ0) is 13.1. The van der Waals surface area contributed by atoms with Gasteiger partial charge >= 0.3 is 0 Å². The minimum Gasteiger partial charge on any atom is -0.0616 e. The molecular weight excluding hydrogens is 353 g/mol. The average molecular weight is 365 g/mol. The third-order valence-corrected chi connectivity index (χ3v) is 4.37. The van der Waals surface area contributed by atoms with Gasteiger partial charge in [0.1, 0.15) is 0 Å². The molecule has 0 amide bonds. The minimum absolute atomic E-state index is 0. The number of hydrogen-bond donors (Lipinski definition) is 0. The Morgan fingerprint density at radius 1 is 0.429 bits per heavy atom. The van der Waals surface area contributed by atoms with Crippen LogP contribution in [-0.4, -0.2) is 0 Å². The third-order valence-electron chi connectivity index (χ3n) is 4.37. The topological polar surface area (TPSA) is 0 Å². The maximum atomic E-state index is 2.31. The first kappa shape index (κ1) is 13.0. The van der Waals surface area contributed by atoms with Gasteiger partial charge < -0.3 is 0 Å². The van der Waals surface area contributed by atoms with E-state index in [1.165, 1.54) is 43.1 Å². The largest absolute Gasteiger partial charge is 0.0616 e. The molecule has 0 saturated carbocycles. The molecule has 0 aliphatic heterocycles. The van der Waals surface area contributed by atoms with Crippen LogP contribution in [-0.2, 0) is 27.3 Å². The summed E-state index contributed by atoms with van der Waals surface area (Å²) in [5.74, 6) is 0. The summed E-state index contributed by atoms with van der Waals surface area (Å²) in [5.41, 5.74) is 0. The van der Waals surface area contributed by atoms with E-state index in [1.807, 2.05) is 0 Å². The van der Waals surface area contributed by atoms with Gasteiger partial charge in [-0.05, 0) is 49.2 Å². The summed E-state index contributed by atoms with van der Waals surface area (Å²) in [7, 11) is 0. The van der Waals surface area contributed by atoms with Crippen molar-refractivity contribution in [2.45, 2.75) is 0 Å². The summed E-state index contributed by atoms with van der Waals surface area (Å²) in [6.45, 7) is 0. The van der Waals surface area contributed by atoms with Crippen LogP contribution in [0.2, 0.25) is 0 Å². The second kappa shape index (κ2) is 4.67. The predicted molar refractivity (Wildman–Crippen MR) is 87.7 cm³/mol. The summed E-state index contributed by atoms with van der Waals surface area (Å²) < 4.78 is 0. The predicted octanol–water partition coefficient (Wildman–Crippen LogP) is 5.73. The molecule has 1 heteroatoms. The molecular formula is C20H12Cd.